The number of aromatic hydroxyl groups is 1. The van der Waals surface area contributed by atoms with E-state index in [1.165, 1.54) is 13.2 Å². The van der Waals surface area contributed by atoms with Crippen LogP contribution in [-0.2, 0) is 9.53 Å². The summed E-state index contributed by atoms with van der Waals surface area (Å²) < 4.78 is 20.8. The van der Waals surface area contributed by atoms with Crippen molar-refractivity contribution in [3.8, 4) is 23.0 Å². The van der Waals surface area contributed by atoms with E-state index in [-0.39, 0.29) is 12.5 Å². The Balaban J connectivity index is 1.87. The molecule has 6 nitrogen and oxygen atoms in total. The third-order valence-electron chi connectivity index (χ3n) is 3.90. The summed E-state index contributed by atoms with van der Waals surface area (Å²) in [6.45, 7) is 2.27. The molecule has 1 N–H and O–H groups in total. The first-order chi connectivity index (χ1) is 13.1. The molecule has 2 aromatic carbocycles. The number of esters is 1. The van der Waals surface area contributed by atoms with E-state index in [9.17, 15) is 9.90 Å². The van der Waals surface area contributed by atoms with Gasteiger partial charge in [-0.05, 0) is 48.4 Å². The third-order valence-corrected chi connectivity index (χ3v) is 3.90. The second-order valence-corrected chi connectivity index (χ2v) is 5.69. The normalized spacial score (nSPS) is 12.7. The minimum atomic E-state index is -0.429. The molecule has 0 spiro atoms. The Morgan fingerprint density at radius 3 is 2.70 bits per heavy atom. The van der Waals surface area contributed by atoms with Crippen LogP contribution in [0.2, 0.25) is 0 Å². The van der Waals surface area contributed by atoms with Crippen molar-refractivity contribution in [3.05, 3.63) is 53.1 Å². The van der Waals surface area contributed by atoms with Crippen LogP contribution in [0, 0.1) is 0 Å². The van der Waals surface area contributed by atoms with E-state index in [1.54, 1.807) is 31.2 Å². The van der Waals surface area contributed by atoms with Gasteiger partial charge < -0.3 is 24.1 Å². The van der Waals surface area contributed by atoms with Gasteiger partial charge in [0.2, 0.25) is 6.79 Å². The smallest absolute Gasteiger partial charge is 0.330 e. The van der Waals surface area contributed by atoms with Crippen molar-refractivity contribution in [2.75, 3.05) is 20.5 Å². The molecule has 27 heavy (non-hydrogen) atoms. The van der Waals surface area contributed by atoms with Gasteiger partial charge in [0.15, 0.2) is 23.0 Å². The standard InChI is InChI=1S/C21H20O6/c1-3-25-20(22)9-6-15-10-16(21(23)19(12-15)24-2)7-4-14-5-8-17-18(11-14)27-13-26-17/h4-12,23H,3,13H2,1-2H3/b7-4+,9-6+. The molecule has 1 heterocycles. The van der Waals surface area contributed by atoms with E-state index in [4.69, 9.17) is 18.9 Å². The van der Waals surface area contributed by atoms with E-state index < -0.39 is 5.97 Å². The highest BCUT2D eigenvalue weighted by molar-refractivity contribution is 5.87. The van der Waals surface area contributed by atoms with Crippen LogP contribution in [0.25, 0.3) is 18.2 Å². The maximum Gasteiger partial charge on any atom is 0.330 e. The first-order valence-electron chi connectivity index (χ1n) is 8.44. The number of phenolic OH excluding ortho intramolecular Hbond substituents is 1. The molecule has 0 saturated heterocycles. The Hall–Kier alpha value is -3.41. The lowest BCUT2D eigenvalue weighted by Gasteiger charge is -2.08. The topological polar surface area (TPSA) is 74.2 Å². The van der Waals surface area contributed by atoms with E-state index >= 15 is 0 Å². The summed E-state index contributed by atoms with van der Waals surface area (Å²) >= 11 is 0. The molecular formula is C21H20O6. The number of carbonyl (C=O) groups is 1. The van der Waals surface area contributed by atoms with Crippen LogP contribution >= 0.6 is 0 Å². The molecule has 0 amide bonds. The first-order valence-corrected chi connectivity index (χ1v) is 8.44. The predicted octanol–water partition coefficient (Wildman–Crippen LogP) is 3.88. The molecule has 0 saturated carbocycles. The number of benzene rings is 2. The van der Waals surface area contributed by atoms with Gasteiger partial charge >= 0.3 is 5.97 Å². The van der Waals surface area contributed by atoms with Crippen molar-refractivity contribution in [2.24, 2.45) is 0 Å². The number of fused-ring (bicyclic) bond motifs is 1. The summed E-state index contributed by atoms with van der Waals surface area (Å²) in [6, 6.07) is 8.97. The molecular weight excluding hydrogens is 348 g/mol. The summed E-state index contributed by atoms with van der Waals surface area (Å²) in [5, 5.41) is 10.4. The zero-order valence-corrected chi connectivity index (χ0v) is 15.1. The fraction of sp³-hybridized carbons (Fsp3) is 0.190. The Labute approximate surface area is 157 Å². The molecule has 2 aromatic rings. The molecule has 0 unspecified atom stereocenters. The number of methoxy groups -OCH3 is 1. The quantitative estimate of drug-likeness (QED) is 0.474. The van der Waals surface area contributed by atoms with Crippen LogP contribution in [0.15, 0.2) is 36.4 Å². The summed E-state index contributed by atoms with van der Waals surface area (Å²) in [7, 11) is 1.47. The fourth-order valence-electron chi connectivity index (χ4n) is 2.59. The first kappa shape index (κ1) is 18.4. The maximum atomic E-state index is 11.5. The van der Waals surface area contributed by atoms with E-state index in [0.29, 0.717) is 35.0 Å². The Bertz CT molecular complexity index is 898. The molecule has 140 valence electrons. The van der Waals surface area contributed by atoms with Crippen LogP contribution in [0.4, 0.5) is 0 Å². The molecule has 0 radical (unpaired) electrons. The van der Waals surface area contributed by atoms with Crippen molar-refractivity contribution in [1.82, 2.24) is 0 Å². The molecule has 0 atom stereocenters. The molecule has 0 fully saturated rings. The highest BCUT2D eigenvalue weighted by Crippen LogP contribution is 2.35. The maximum absolute atomic E-state index is 11.5. The molecule has 0 aliphatic carbocycles. The number of ether oxygens (including phenoxy) is 4. The third kappa shape index (κ3) is 4.41. The zero-order chi connectivity index (χ0) is 19.2. The van der Waals surface area contributed by atoms with Gasteiger partial charge in [-0.15, -0.1) is 0 Å². The van der Waals surface area contributed by atoms with Crippen LogP contribution in [0.3, 0.4) is 0 Å². The summed E-state index contributed by atoms with van der Waals surface area (Å²) in [5.41, 5.74) is 2.14. The van der Waals surface area contributed by atoms with Gasteiger partial charge in [0.25, 0.3) is 0 Å². The Morgan fingerprint density at radius 2 is 1.93 bits per heavy atom. The second-order valence-electron chi connectivity index (χ2n) is 5.69. The number of phenols is 1. The van der Waals surface area contributed by atoms with Crippen LogP contribution in [0.5, 0.6) is 23.0 Å². The predicted molar refractivity (Wildman–Crippen MR) is 102 cm³/mol. The Morgan fingerprint density at radius 1 is 1.11 bits per heavy atom. The van der Waals surface area contributed by atoms with Gasteiger partial charge in [0.05, 0.1) is 13.7 Å². The minimum Gasteiger partial charge on any atom is -0.504 e. The summed E-state index contributed by atoms with van der Waals surface area (Å²) in [4.78, 5) is 11.5. The average molecular weight is 368 g/mol. The van der Waals surface area contributed by atoms with Gasteiger partial charge in [-0.1, -0.05) is 18.2 Å². The van der Waals surface area contributed by atoms with Gasteiger partial charge in [0.1, 0.15) is 0 Å². The molecule has 3 rings (SSSR count). The van der Waals surface area contributed by atoms with Crippen molar-refractivity contribution < 1.29 is 28.8 Å². The monoisotopic (exact) mass is 368 g/mol. The molecule has 6 heteroatoms. The Kier molecular flexibility index (Phi) is 5.66. The minimum absolute atomic E-state index is 0.0165. The average Bonchev–Trinajstić information content (AvgIpc) is 3.14. The van der Waals surface area contributed by atoms with Crippen LogP contribution in [-0.4, -0.2) is 31.6 Å². The van der Waals surface area contributed by atoms with E-state index in [1.807, 2.05) is 24.3 Å². The van der Waals surface area contributed by atoms with Gasteiger partial charge in [0, 0.05) is 11.6 Å². The summed E-state index contributed by atoms with van der Waals surface area (Å²) in [5.74, 6) is 1.30. The highest BCUT2D eigenvalue weighted by atomic mass is 16.7. The largest absolute Gasteiger partial charge is 0.504 e. The lowest BCUT2D eigenvalue weighted by molar-refractivity contribution is -0.137. The van der Waals surface area contributed by atoms with Crippen LogP contribution in [0.1, 0.15) is 23.6 Å². The van der Waals surface area contributed by atoms with Gasteiger partial charge in [-0.25, -0.2) is 4.79 Å². The second kappa shape index (κ2) is 8.31. The lowest BCUT2D eigenvalue weighted by atomic mass is 10.1. The molecule has 0 aromatic heterocycles. The van der Waals surface area contributed by atoms with E-state index in [2.05, 4.69) is 0 Å². The molecule has 1 aliphatic heterocycles. The van der Waals surface area contributed by atoms with Crippen molar-refractivity contribution in [1.29, 1.82) is 0 Å². The number of rotatable bonds is 6. The SMILES string of the molecule is CCOC(=O)/C=C/c1cc(/C=C/c2ccc3c(c2)OCO3)c(O)c(OC)c1. The molecule has 1 aliphatic rings. The van der Waals surface area contributed by atoms with Crippen molar-refractivity contribution in [3.63, 3.8) is 0 Å². The van der Waals surface area contributed by atoms with Gasteiger partial charge in [-0.3, -0.25) is 0 Å². The number of hydrogen-bond acceptors (Lipinski definition) is 6. The number of hydrogen-bond donors (Lipinski definition) is 1. The van der Waals surface area contributed by atoms with Crippen LogP contribution < -0.4 is 14.2 Å². The van der Waals surface area contributed by atoms with E-state index in [0.717, 1.165) is 5.56 Å². The zero-order valence-electron chi connectivity index (χ0n) is 15.1. The fourth-order valence-corrected chi connectivity index (χ4v) is 2.59. The van der Waals surface area contributed by atoms with Crippen molar-refractivity contribution in [2.45, 2.75) is 6.92 Å². The van der Waals surface area contributed by atoms with Crippen molar-refractivity contribution >= 4 is 24.2 Å². The summed E-state index contributed by atoms with van der Waals surface area (Å²) in [6.07, 6.45) is 6.55. The number of carbonyl (C=O) groups excluding carboxylic acids is 1. The lowest BCUT2D eigenvalue weighted by Crippen LogP contribution is -1.98. The highest BCUT2D eigenvalue weighted by Gasteiger charge is 2.12. The van der Waals surface area contributed by atoms with Gasteiger partial charge in [-0.2, -0.15) is 0 Å². The molecule has 0 bridgehead atoms.